The highest BCUT2D eigenvalue weighted by molar-refractivity contribution is 6.04. The summed E-state index contributed by atoms with van der Waals surface area (Å²) in [6.45, 7) is 1.88. The maximum Gasteiger partial charge on any atom is 0.255 e. The van der Waals surface area contributed by atoms with Crippen molar-refractivity contribution >= 4 is 17.3 Å². The van der Waals surface area contributed by atoms with E-state index >= 15 is 0 Å². The Morgan fingerprint density at radius 1 is 0.781 bits per heavy atom. The fraction of sp³-hybridized carbons (Fsp3) is 0.107. The highest BCUT2D eigenvalue weighted by atomic mass is 16.5. The van der Waals surface area contributed by atoms with Gasteiger partial charge in [-0.2, -0.15) is 0 Å². The van der Waals surface area contributed by atoms with Gasteiger partial charge in [0.05, 0.1) is 0 Å². The standard InChI is InChI=1S/C28H24N2O2/c31-28(29-24-14-16-26(17-15-24)32-25-7-2-1-3-8-25)23-12-10-21(11-13-23)20-30-19-18-22-6-4-5-9-27(22)30/h1-17H,18-20H2,(H,29,31). The Balaban J connectivity index is 1.19. The number of fused-ring (bicyclic) bond motifs is 1. The Morgan fingerprint density at radius 3 is 2.25 bits per heavy atom. The number of hydrogen-bond acceptors (Lipinski definition) is 3. The first-order valence-corrected chi connectivity index (χ1v) is 10.8. The number of para-hydroxylation sites is 2. The molecule has 0 atom stereocenters. The van der Waals surface area contributed by atoms with Gasteiger partial charge in [-0.25, -0.2) is 0 Å². The molecule has 0 saturated heterocycles. The molecule has 1 heterocycles. The first-order chi connectivity index (χ1) is 15.7. The minimum atomic E-state index is -0.125. The third-order valence-corrected chi connectivity index (χ3v) is 5.66. The summed E-state index contributed by atoms with van der Waals surface area (Å²) in [6, 6.07) is 33.4. The molecule has 0 spiro atoms. The van der Waals surface area contributed by atoms with E-state index in [9.17, 15) is 4.79 Å². The lowest BCUT2D eigenvalue weighted by Gasteiger charge is -2.19. The van der Waals surface area contributed by atoms with E-state index in [1.165, 1.54) is 16.8 Å². The Morgan fingerprint density at radius 2 is 1.47 bits per heavy atom. The maximum absolute atomic E-state index is 12.7. The van der Waals surface area contributed by atoms with Crippen LogP contribution in [0.2, 0.25) is 0 Å². The summed E-state index contributed by atoms with van der Waals surface area (Å²) in [5, 5.41) is 2.95. The van der Waals surface area contributed by atoms with Crippen LogP contribution < -0.4 is 15.0 Å². The smallest absolute Gasteiger partial charge is 0.255 e. The number of benzene rings is 4. The first kappa shape index (κ1) is 19.9. The van der Waals surface area contributed by atoms with Crippen molar-refractivity contribution < 1.29 is 9.53 Å². The van der Waals surface area contributed by atoms with Crippen LogP contribution in [0.3, 0.4) is 0 Å². The van der Waals surface area contributed by atoms with Gasteiger partial charge in [0.15, 0.2) is 0 Å². The molecule has 4 nitrogen and oxygen atoms in total. The van der Waals surface area contributed by atoms with Crippen molar-refractivity contribution in [2.45, 2.75) is 13.0 Å². The van der Waals surface area contributed by atoms with Crippen molar-refractivity contribution in [2.24, 2.45) is 0 Å². The predicted octanol–water partition coefficient (Wildman–Crippen LogP) is 6.29. The number of nitrogens with one attached hydrogen (secondary N) is 1. The van der Waals surface area contributed by atoms with E-state index in [0.29, 0.717) is 5.56 Å². The zero-order chi connectivity index (χ0) is 21.8. The lowest BCUT2D eigenvalue weighted by molar-refractivity contribution is 0.102. The van der Waals surface area contributed by atoms with E-state index in [1.54, 1.807) is 0 Å². The Kier molecular flexibility index (Phi) is 5.58. The number of ether oxygens (including phenoxy) is 1. The molecule has 0 aromatic heterocycles. The van der Waals surface area contributed by atoms with Crippen molar-refractivity contribution in [1.82, 2.24) is 0 Å². The number of anilines is 2. The van der Waals surface area contributed by atoms with Crippen LogP contribution >= 0.6 is 0 Å². The van der Waals surface area contributed by atoms with Gasteiger partial charge in [-0.3, -0.25) is 4.79 Å². The fourth-order valence-corrected chi connectivity index (χ4v) is 3.99. The third kappa shape index (κ3) is 4.49. The monoisotopic (exact) mass is 420 g/mol. The predicted molar refractivity (Wildman–Crippen MR) is 129 cm³/mol. The van der Waals surface area contributed by atoms with Crippen LogP contribution in [0, 0.1) is 0 Å². The molecule has 4 heteroatoms. The van der Waals surface area contributed by atoms with Crippen LogP contribution in [0.4, 0.5) is 11.4 Å². The molecule has 0 bridgehead atoms. The van der Waals surface area contributed by atoms with Crippen LogP contribution in [0.5, 0.6) is 11.5 Å². The van der Waals surface area contributed by atoms with Gasteiger partial charge in [0.1, 0.15) is 11.5 Å². The van der Waals surface area contributed by atoms with E-state index in [2.05, 4.69) is 34.5 Å². The van der Waals surface area contributed by atoms with Crippen molar-refractivity contribution in [3.63, 3.8) is 0 Å². The summed E-state index contributed by atoms with van der Waals surface area (Å²) >= 11 is 0. The van der Waals surface area contributed by atoms with E-state index < -0.39 is 0 Å². The lowest BCUT2D eigenvalue weighted by Crippen LogP contribution is -2.19. The average Bonchev–Trinajstić information content (AvgIpc) is 3.24. The van der Waals surface area contributed by atoms with E-state index in [-0.39, 0.29) is 5.91 Å². The quantitative estimate of drug-likeness (QED) is 0.398. The summed E-state index contributed by atoms with van der Waals surface area (Å²) in [4.78, 5) is 15.0. The molecule has 1 aliphatic heterocycles. The topological polar surface area (TPSA) is 41.6 Å². The SMILES string of the molecule is O=C(Nc1ccc(Oc2ccccc2)cc1)c1ccc(CN2CCc3ccccc32)cc1. The van der Waals surface area contributed by atoms with Gasteiger partial charge in [0.25, 0.3) is 5.91 Å². The van der Waals surface area contributed by atoms with Gasteiger partial charge in [0.2, 0.25) is 0 Å². The van der Waals surface area contributed by atoms with Crippen LogP contribution in [-0.2, 0) is 13.0 Å². The molecule has 0 fully saturated rings. The van der Waals surface area contributed by atoms with Crippen LogP contribution in [0.15, 0.2) is 103 Å². The minimum Gasteiger partial charge on any atom is -0.457 e. The van der Waals surface area contributed by atoms with E-state index in [0.717, 1.165) is 36.7 Å². The molecule has 1 amide bonds. The Labute approximate surface area is 188 Å². The number of hydrogen-bond donors (Lipinski definition) is 1. The lowest BCUT2D eigenvalue weighted by atomic mass is 10.1. The average molecular weight is 421 g/mol. The number of nitrogens with zero attached hydrogens (tertiary/aromatic N) is 1. The molecule has 0 aliphatic carbocycles. The van der Waals surface area contributed by atoms with E-state index in [1.807, 2.05) is 78.9 Å². The first-order valence-electron chi connectivity index (χ1n) is 10.8. The van der Waals surface area contributed by atoms with Crippen molar-refractivity contribution in [2.75, 3.05) is 16.8 Å². The Hall–Kier alpha value is -4.05. The molecule has 158 valence electrons. The van der Waals surface area contributed by atoms with Crippen LogP contribution in [0.1, 0.15) is 21.5 Å². The number of rotatable bonds is 6. The molecule has 1 aliphatic rings. The summed E-state index contributed by atoms with van der Waals surface area (Å²) in [5.41, 5.74) is 5.28. The second-order valence-corrected chi connectivity index (χ2v) is 7.89. The number of carbonyl (C=O) groups is 1. The van der Waals surface area contributed by atoms with Crippen LogP contribution in [0.25, 0.3) is 0 Å². The van der Waals surface area contributed by atoms with Gasteiger partial charge < -0.3 is 15.0 Å². The second-order valence-electron chi connectivity index (χ2n) is 7.89. The van der Waals surface area contributed by atoms with E-state index in [4.69, 9.17) is 4.74 Å². The molecular formula is C28H24N2O2. The molecule has 1 N–H and O–H groups in total. The van der Waals surface area contributed by atoms with Crippen molar-refractivity contribution in [1.29, 1.82) is 0 Å². The molecular weight excluding hydrogens is 396 g/mol. The minimum absolute atomic E-state index is 0.125. The van der Waals surface area contributed by atoms with Gasteiger partial charge in [-0.05, 0) is 72.1 Å². The number of amides is 1. The van der Waals surface area contributed by atoms with Gasteiger partial charge in [0, 0.05) is 30.0 Å². The molecule has 4 aromatic rings. The van der Waals surface area contributed by atoms with Crippen LogP contribution in [-0.4, -0.2) is 12.5 Å². The molecule has 0 unspecified atom stereocenters. The normalized spacial score (nSPS) is 12.3. The summed E-state index contributed by atoms with van der Waals surface area (Å²) in [7, 11) is 0. The zero-order valence-electron chi connectivity index (χ0n) is 17.7. The van der Waals surface area contributed by atoms with Gasteiger partial charge in [-0.15, -0.1) is 0 Å². The number of carbonyl (C=O) groups excluding carboxylic acids is 1. The van der Waals surface area contributed by atoms with Crippen molar-refractivity contribution in [3.8, 4) is 11.5 Å². The molecule has 5 rings (SSSR count). The summed E-state index contributed by atoms with van der Waals surface area (Å²) in [6.07, 6.45) is 1.09. The molecule has 32 heavy (non-hydrogen) atoms. The second kappa shape index (κ2) is 8.98. The van der Waals surface area contributed by atoms with Gasteiger partial charge >= 0.3 is 0 Å². The fourth-order valence-electron chi connectivity index (χ4n) is 3.99. The Bertz CT molecular complexity index is 1200. The molecule has 4 aromatic carbocycles. The largest absolute Gasteiger partial charge is 0.457 e. The summed E-state index contributed by atoms with van der Waals surface area (Å²) < 4.78 is 5.80. The third-order valence-electron chi connectivity index (χ3n) is 5.66. The highest BCUT2D eigenvalue weighted by Gasteiger charge is 2.18. The zero-order valence-corrected chi connectivity index (χ0v) is 17.7. The molecule has 0 saturated carbocycles. The molecule has 0 radical (unpaired) electrons. The van der Waals surface area contributed by atoms with Crippen molar-refractivity contribution in [3.05, 3.63) is 120 Å². The maximum atomic E-state index is 12.7. The highest BCUT2D eigenvalue weighted by Crippen LogP contribution is 2.29. The van der Waals surface area contributed by atoms with Gasteiger partial charge in [-0.1, -0.05) is 48.5 Å². The summed E-state index contributed by atoms with van der Waals surface area (Å²) in [5.74, 6) is 1.38.